The van der Waals surface area contributed by atoms with Gasteiger partial charge in [-0.05, 0) is 31.0 Å². The molecule has 1 rings (SSSR count). The van der Waals surface area contributed by atoms with Gasteiger partial charge in [0.1, 0.15) is 0 Å². The number of benzene rings is 1. The van der Waals surface area contributed by atoms with Crippen LogP contribution in [0, 0.1) is 6.92 Å². The molecule has 1 unspecified atom stereocenters. The minimum absolute atomic E-state index is 0.274. The van der Waals surface area contributed by atoms with Crippen molar-refractivity contribution in [1.29, 1.82) is 0 Å². The van der Waals surface area contributed by atoms with Crippen LogP contribution in [0.5, 0.6) is 0 Å². The lowest BCUT2D eigenvalue weighted by molar-refractivity contribution is 0.0600. The Balaban J connectivity index is 3.03. The summed E-state index contributed by atoms with van der Waals surface area (Å²) in [5.41, 5.74) is 2.73. The van der Waals surface area contributed by atoms with Crippen LogP contribution in [0.2, 0.25) is 0 Å². The van der Waals surface area contributed by atoms with Gasteiger partial charge in [-0.2, -0.15) is 0 Å². The summed E-state index contributed by atoms with van der Waals surface area (Å²) < 4.78 is 7.81. The van der Waals surface area contributed by atoms with Crippen LogP contribution in [0.4, 0.5) is 0 Å². The number of hydrogen-bond acceptors (Lipinski definition) is 3. The normalized spacial score (nSPS) is 12.3. The number of methoxy groups -OCH3 is 1. The molecule has 0 aliphatic heterocycles. The zero-order valence-corrected chi connectivity index (χ0v) is 11.2. The first kappa shape index (κ1) is 12.4. The molecule has 4 heteroatoms. The molecule has 0 spiro atoms. The summed E-state index contributed by atoms with van der Waals surface area (Å²) in [6.07, 6.45) is 0. The molecular weight excluding hydrogens is 305 g/mol. The highest BCUT2D eigenvalue weighted by molar-refractivity contribution is 14.1. The Labute approximate surface area is 104 Å². The number of nitrogens with one attached hydrogen (secondary N) is 1. The number of esters is 1. The second-order valence-corrected chi connectivity index (χ2v) is 4.02. The molecule has 0 radical (unpaired) electrons. The summed E-state index contributed by atoms with van der Waals surface area (Å²) in [6, 6.07) is 6.02. The lowest BCUT2D eigenvalue weighted by Gasteiger charge is -2.11. The summed E-state index contributed by atoms with van der Waals surface area (Å²) in [7, 11) is 1.39. The molecule has 1 atom stereocenters. The first-order valence-corrected chi connectivity index (χ1v) is 5.73. The lowest BCUT2D eigenvalue weighted by Crippen LogP contribution is -2.08. The van der Waals surface area contributed by atoms with Crippen molar-refractivity contribution in [2.45, 2.75) is 19.9 Å². The quantitative estimate of drug-likeness (QED) is 0.529. The van der Waals surface area contributed by atoms with Crippen molar-refractivity contribution in [2.75, 3.05) is 7.11 Å². The Morgan fingerprint density at radius 2 is 2.20 bits per heavy atom. The Morgan fingerprint density at radius 1 is 1.53 bits per heavy atom. The number of carbonyl (C=O) groups excluding carboxylic acids is 1. The molecule has 0 heterocycles. The predicted molar refractivity (Wildman–Crippen MR) is 68.1 cm³/mol. The van der Waals surface area contributed by atoms with E-state index in [1.165, 1.54) is 7.11 Å². The summed E-state index contributed by atoms with van der Waals surface area (Å²) in [6.45, 7) is 3.98. The van der Waals surface area contributed by atoms with Crippen molar-refractivity contribution in [3.8, 4) is 0 Å². The molecule has 0 aromatic heterocycles. The fourth-order valence-corrected chi connectivity index (χ4v) is 1.72. The highest BCUT2D eigenvalue weighted by Gasteiger charge is 2.11. The molecule has 0 saturated carbocycles. The van der Waals surface area contributed by atoms with E-state index in [4.69, 9.17) is 0 Å². The molecule has 1 aromatic rings. The van der Waals surface area contributed by atoms with Crippen molar-refractivity contribution in [2.24, 2.45) is 0 Å². The zero-order chi connectivity index (χ0) is 11.4. The average Bonchev–Trinajstić information content (AvgIpc) is 2.26. The molecule has 0 aliphatic rings. The fraction of sp³-hybridized carbons (Fsp3) is 0.364. The van der Waals surface area contributed by atoms with E-state index in [-0.39, 0.29) is 12.0 Å². The summed E-state index contributed by atoms with van der Waals surface area (Å²) >= 11 is 2.12. The van der Waals surface area contributed by atoms with E-state index in [0.717, 1.165) is 11.1 Å². The second kappa shape index (κ2) is 5.46. The molecule has 1 N–H and O–H groups in total. The standard InChI is InChI=1S/C11H14INO2/c1-7-6-9(8(2)13-12)4-5-10(7)11(14)15-3/h4-6,8,13H,1-3H3. The van der Waals surface area contributed by atoms with E-state index >= 15 is 0 Å². The van der Waals surface area contributed by atoms with Gasteiger partial charge in [-0.25, -0.2) is 4.79 Å². The number of carbonyl (C=O) groups is 1. The topological polar surface area (TPSA) is 38.3 Å². The highest BCUT2D eigenvalue weighted by atomic mass is 127. The summed E-state index contributed by atoms with van der Waals surface area (Å²) in [5, 5.41) is 0. The van der Waals surface area contributed by atoms with Crippen LogP contribution in [0.25, 0.3) is 0 Å². The fourth-order valence-electron chi connectivity index (χ4n) is 1.36. The maximum absolute atomic E-state index is 11.3. The Morgan fingerprint density at radius 3 is 2.67 bits per heavy atom. The summed E-state index contributed by atoms with van der Waals surface area (Å²) in [5.74, 6) is -0.283. The largest absolute Gasteiger partial charge is 0.465 e. The molecular formula is C11H14INO2. The first-order chi connectivity index (χ1) is 7.10. The van der Waals surface area contributed by atoms with Crippen LogP contribution in [0.3, 0.4) is 0 Å². The number of halogens is 1. The predicted octanol–water partition coefficient (Wildman–Crippen LogP) is 2.78. The molecule has 0 amide bonds. The molecule has 0 fully saturated rings. The van der Waals surface area contributed by atoms with Crippen molar-refractivity contribution >= 4 is 28.8 Å². The van der Waals surface area contributed by atoms with Crippen LogP contribution < -0.4 is 3.53 Å². The maximum atomic E-state index is 11.3. The number of ether oxygens (including phenoxy) is 1. The smallest absolute Gasteiger partial charge is 0.338 e. The first-order valence-electron chi connectivity index (χ1n) is 4.65. The molecule has 3 nitrogen and oxygen atoms in total. The van der Waals surface area contributed by atoms with E-state index in [9.17, 15) is 4.79 Å². The van der Waals surface area contributed by atoms with Crippen molar-refractivity contribution in [3.63, 3.8) is 0 Å². The molecule has 1 aromatic carbocycles. The third-order valence-electron chi connectivity index (χ3n) is 2.32. The van der Waals surface area contributed by atoms with Gasteiger partial charge in [0.15, 0.2) is 0 Å². The second-order valence-electron chi connectivity index (χ2n) is 3.40. The Bertz CT molecular complexity index is 366. The van der Waals surface area contributed by atoms with Crippen LogP contribution in [-0.4, -0.2) is 13.1 Å². The number of aryl methyl sites for hydroxylation is 1. The molecule has 82 valence electrons. The molecule has 0 aliphatic carbocycles. The van der Waals surface area contributed by atoms with Crippen LogP contribution >= 0.6 is 22.9 Å². The van der Waals surface area contributed by atoms with E-state index < -0.39 is 0 Å². The Kier molecular flexibility index (Phi) is 4.53. The monoisotopic (exact) mass is 319 g/mol. The van der Waals surface area contributed by atoms with Gasteiger partial charge in [0.25, 0.3) is 0 Å². The maximum Gasteiger partial charge on any atom is 0.338 e. The minimum Gasteiger partial charge on any atom is -0.465 e. The van der Waals surface area contributed by atoms with Crippen molar-refractivity contribution in [3.05, 3.63) is 34.9 Å². The van der Waals surface area contributed by atoms with Crippen molar-refractivity contribution in [1.82, 2.24) is 3.53 Å². The molecule has 0 saturated heterocycles. The van der Waals surface area contributed by atoms with E-state index in [1.54, 1.807) is 6.07 Å². The number of rotatable bonds is 3. The van der Waals surface area contributed by atoms with E-state index in [1.807, 2.05) is 19.1 Å². The zero-order valence-electron chi connectivity index (χ0n) is 9.00. The summed E-state index contributed by atoms with van der Waals surface area (Å²) in [4.78, 5) is 11.3. The lowest BCUT2D eigenvalue weighted by atomic mass is 10.0. The highest BCUT2D eigenvalue weighted by Crippen LogP contribution is 2.18. The van der Waals surface area contributed by atoms with Gasteiger partial charge in [0, 0.05) is 28.9 Å². The van der Waals surface area contributed by atoms with Gasteiger partial charge in [-0.3, -0.25) is 3.53 Å². The van der Waals surface area contributed by atoms with Gasteiger partial charge in [0.2, 0.25) is 0 Å². The van der Waals surface area contributed by atoms with Crippen molar-refractivity contribution < 1.29 is 9.53 Å². The van der Waals surface area contributed by atoms with Gasteiger partial charge >= 0.3 is 5.97 Å². The number of hydrogen-bond donors (Lipinski definition) is 1. The Hall–Kier alpha value is -0.620. The SMILES string of the molecule is COC(=O)c1ccc(C(C)NI)cc1C. The molecule has 0 bridgehead atoms. The van der Waals surface area contributed by atoms with Crippen LogP contribution in [0.15, 0.2) is 18.2 Å². The van der Waals surface area contributed by atoms with E-state index in [0.29, 0.717) is 5.56 Å². The van der Waals surface area contributed by atoms with Gasteiger partial charge in [-0.15, -0.1) is 0 Å². The van der Waals surface area contributed by atoms with Gasteiger partial charge < -0.3 is 4.74 Å². The van der Waals surface area contributed by atoms with Gasteiger partial charge in [0.05, 0.1) is 12.7 Å². The third kappa shape index (κ3) is 2.92. The van der Waals surface area contributed by atoms with Crippen LogP contribution in [-0.2, 0) is 4.74 Å². The van der Waals surface area contributed by atoms with Crippen LogP contribution in [0.1, 0.15) is 34.5 Å². The van der Waals surface area contributed by atoms with E-state index in [2.05, 4.69) is 38.1 Å². The molecule has 15 heavy (non-hydrogen) atoms. The third-order valence-corrected chi connectivity index (χ3v) is 3.25. The van der Waals surface area contributed by atoms with Gasteiger partial charge in [-0.1, -0.05) is 12.1 Å². The average molecular weight is 319 g/mol. The minimum atomic E-state index is -0.283.